The third-order valence-electron chi connectivity index (χ3n) is 4.21. The predicted octanol–water partition coefficient (Wildman–Crippen LogP) is 1.80. The first-order valence-corrected chi connectivity index (χ1v) is 7.77. The van der Waals surface area contributed by atoms with Gasteiger partial charge in [0.2, 0.25) is 11.8 Å². The molecule has 1 aliphatic rings. The second-order valence-corrected chi connectivity index (χ2v) is 5.71. The molecule has 0 spiro atoms. The zero-order valence-corrected chi connectivity index (χ0v) is 13.0. The zero-order valence-electron chi connectivity index (χ0n) is 13.0. The topological polar surface area (TPSA) is 77.1 Å². The summed E-state index contributed by atoms with van der Waals surface area (Å²) in [6.45, 7) is 5.32. The van der Waals surface area contributed by atoms with Gasteiger partial charge in [0.15, 0.2) is 5.82 Å². The molecule has 2 aromatic rings. The number of carbonyl (C=O) groups excluding carboxylic acids is 1. The van der Waals surface area contributed by atoms with E-state index in [-0.39, 0.29) is 17.9 Å². The molecule has 2 atom stereocenters. The molecule has 1 amide bonds. The molecule has 7 nitrogen and oxygen atoms in total. The van der Waals surface area contributed by atoms with Crippen molar-refractivity contribution in [3.63, 3.8) is 0 Å². The molecule has 0 unspecified atom stereocenters. The van der Waals surface area contributed by atoms with Crippen molar-refractivity contribution in [3.05, 3.63) is 30.4 Å². The van der Waals surface area contributed by atoms with Gasteiger partial charge in [0.1, 0.15) is 6.04 Å². The number of carbonyl (C=O) groups is 1. The van der Waals surface area contributed by atoms with E-state index in [1.54, 1.807) is 12.5 Å². The van der Waals surface area contributed by atoms with Crippen LogP contribution in [0.3, 0.4) is 0 Å². The Kier molecular flexibility index (Phi) is 4.22. The molecular formula is C15H21N5O2. The zero-order chi connectivity index (χ0) is 15.5. The van der Waals surface area contributed by atoms with Gasteiger partial charge in [-0.05, 0) is 19.8 Å². The quantitative estimate of drug-likeness (QED) is 0.860. The normalized spacial score (nSPS) is 20.1. The highest BCUT2D eigenvalue weighted by atomic mass is 16.5. The van der Waals surface area contributed by atoms with Crippen molar-refractivity contribution in [1.82, 2.24) is 24.6 Å². The van der Waals surface area contributed by atoms with Crippen molar-refractivity contribution in [2.45, 2.75) is 45.1 Å². The Morgan fingerprint density at radius 1 is 1.55 bits per heavy atom. The number of likely N-dealkylation sites (tertiary alicyclic amines) is 1. The molecule has 1 saturated heterocycles. The number of hydrogen-bond acceptors (Lipinski definition) is 5. The highest BCUT2D eigenvalue weighted by Gasteiger charge is 2.30. The minimum atomic E-state index is -0.238. The Bertz CT molecular complexity index is 622. The summed E-state index contributed by atoms with van der Waals surface area (Å²) in [4.78, 5) is 23.0. The smallest absolute Gasteiger partial charge is 0.245 e. The van der Waals surface area contributed by atoms with E-state index in [0.29, 0.717) is 12.4 Å². The second-order valence-electron chi connectivity index (χ2n) is 5.71. The fraction of sp³-hybridized carbons (Fsp3) is 0.600. The van der Waals surface area contributed by atoms with Crippen molar-refractivity contribution in [2.75, 3.05) is 13.1 Å². The highest BCUT2D eigenvalue weighted by molar-refractivity contribution is 5.80. The van der Waals surface area contributed by atoms with Crippen molar-refractivity contribution in [3.8, 4) is 0 Å². The summed E-state index contributed by atoms with van der Waals surface area (Å²) in [7, 11) is 0. The first-order valence-electron chi connectivity index (χ1n) is 7.77. The van der Waals surface area contributed by atoms with E-state index in [2.05, 4.69) is 15.1 Å². The van der Waals surface area contributed by atoms with E-state index in [9.17, 15) is 4.79 Å². The van der Waals surface area contributed by atoms with Gasteiger partial charge < -0.3 is 14.0 Å². The maximum absolute atomic E-state index is 12.6. The van der Waals surface area contributed by atoms with Crippen molar-refractivity contribution < 1.29 is 9.32 Å². The number of hydrogen-bond donors (Lipinski definition) is 0. The number of aryl methyl sites for hydroxylation is 1. The van der Waals surface area contributed by atoms with Crippen LogP contribution in [0.4, 0.5) is 0 Å². The molecule has 22 heavy (non-hydrogen) atoms. The minimum absolute atomic E-state index is 0.113. The summed E-state index contributed by atoms with van der Waals surface area (Å²) in [6, 6.07) is -0.238. The molecule has 1 fully saturated rings. The van der Waals surface area contributed by atoms with Crippen LogP contribution in [-0.4, -0.2) is 43.6 Å². The van der Waals surface area contributed by atoms with Gasteiger partial charge in [0.05, 0.1) is 6.33 Å². The Hall–Kier alpha value is -2.18. The van der Waals surface area contributed by atoms with Gasteiger partial charge in [0.25, 0.3) is 0 Å². The number of imidazole rings is 1. The van der Waals surface area contributed by atoms with Gasteiger partial charge in [0, 0.05) is 37.8 Å². The third-order valence-corrected chi connectivity index (χ3v) is 4.21. The van der Waals surface area contributed by atoms with E-state index in [1.165, 1.54) is 0 Å². The van der Waals surface area contributed by atoms with Gasteiger partial charge in [-0.15, -0.1) is 0 Å². The molecule has 7 heteroatoms. The van der Waals surface area contributed by atoms with Crippen LogP contribution in [0.15, 0.2) is 23.2 Å². The summed E-state index contributed by atoms with van der Waals surface area (Å²) in [6.07, 6.45) is 7.87. The maximum atomic E-state index is 12.6. The minimum Gasteiger partial charge on any atom is -0.340 e. The van der Waals surface area contributed by atoms with Gasteiger partial charge in [-0.2, -0.15) is 4.98 Å². The van der Waals surface area contributed by atoms with Crippen LogP contribution in [0.25, 0.3) is 0 Å². The van der Waals surface area contributed by atoms with Crippen LogP contribution < -0.4 is 0 Å². The predicted molar refractivity (Wildman–Crippen MR) is 79.2 cm³/mol. The standard InChI is InChI=1S/C15H21N5O2/c1-3-13-17-14(18-22-13)12-5-4-7-19(9-12)15(21)11(2)20-8-6-16-10-20/h6,8,10-12H,3-5,7,9H2,1-2H3/t11-,12+/m0/s1. The molecule has 2 aromatic heterocycles. The number of aromatic nitrogens is 4. The molecule has 0 saturated carbocycles. The molecule has 0 bridgehead atoms. The Labute approximate surface area is 129 Å². The van der Waals surface area contributed by atoms with Crippen LogP contribution in [0.2, 0.25) is 0 Å². The molecule has 0 aliphatic carbocycles. The Morgan fingerprint density at radius 3 is 3.09 bits per heavy atom. The fourth-order valence-corrected chi connectivity index (χ4v) is 2.86. The molecular weight excluding hydrogens is 282 g/mol. The summed E-state index contributed by atoms with van der Waals surface area (Å²) in [5.41, 5.74) is 0. The van der Waals surface area contributed by atoms with Crippen LogP contribution in [0.1, 0.15) is 50.4 Å². The highest BCUT2D eigenvalue weighted by Crippen LogP contribution is 2.26. The Morgan fingerprint density at radius 2 is 2.41 bits per heavy atom. The van der Waals surface area contributed by atoms with Gasteiger partial charge >= 0.3 is 0 Å². The summed E-state index contributed by atoms with van der Waals surface area (Å²) in [5, 5.41) is 4.06. The van der Waals surface area contributed by atoms with Crippen molar-refractivity contribution in [1.29, 1.82) is 0 Å². The first kappa shape index (κ1) is 14.7. The van der Waals surface area contributed by atoms with E-state index in [1.807, 2.05) is 29.5 Å². The van der Waals surface area contributed by atoms with Crippen LogP contribution in [0.5, 0.6) is 0 Å². The molecule has 118 valence electrons. The molecule has 0 N–H and O–H groups in total. The average molecular weight is 303 g/mol. The van der Waals surface area contributed by atoms with Crippen LogP contribution >= 0.6 is 0 Å². The average Bonchev–Trinajstić information content (AvgIpc) is 3.24. The van der Waals surface area contributed by atoms with Gasteiger partial charge in [-0.1, -0.05) is 12.1 Å². The van der Waals surface area contributed by atoms with Crippen LogP contribution in [0, 0.1) is 0 Å². The second kappa shape index (κ2) is 6.29. The molecule has 1 aliphatic heterocycles. The monoisotopic (exact) mass is 303 g/mol. The summed E-state index contributed by atoms with van der Waals surface area (Å²) < 4.78 is 7.02. The van der Waals surface area contributed by atoms with E-state index < -0.39 is 0 Å². The number of nitrogens with zero attached hydrogens (tertiary/aromatic N) is 5. The van der Waals surface area contributed by atoms with E-state index in [4.69, 9.17) is 4.52 Å². The lowest BCUT2D eigenvalue weighted by atomic mass is 9.97. The van der Waals surface area contributed by atoms with E-state index >= 15 is 0 Å². The molecule has 0 radical (unpaired) electrons. The molecule has 0 aromatic carbocycles. The van der Waals surface area contributed by atoms with Crippen molar-refractivity contribution in [2.24, 2.45) is 0 Å². The lowest BCUT2D eigenvalue weighted by Gasteiger charge is -2.33. The number of rotatable bonds is 4. The maximum Gasteiger partial charge on any atom is 0.245 e. The third kappa shape index (κ3) is 2.88. The number of piperidine rings is 1. The SMILES string of the molecule is CCc1nc([C@@H]2CCCN(C(=O)[C@H](C)n3ccnc3)C2)no1. The van der Waals surface area contributed by atoms with Crippen molar-refractivity contribution >= 4 is 5.91 Å². The molecule has 3 rings (SSSR count). The van der Waals surface area contributed by atoms with E-state index in [0.717, 1.165) is 31.6 Å². The van der Waals surface area contributed by atoms with Gasteiger partial charge in [-0.3, -0.25) is 4.79 Å². The number of amides is 1. The summed E-state index contributed by atoms with van der Waals surface area (Å²) in [5.74, 6) is 1.66. The van der Waals surface area contributed by atoms with Crippen LogP contribution in [-0.2, 0) is 11.2 Å². The van der Waals surface area contributed by atoms with Gasteiger partial charge in [-0.25, -0.2) is 4.98 Å². The molecule has 3 heterocycles. The largest absolute Gasteiger partial charge is 0.340 e. The fourth-order valence-electron chi connectivity index (χ4n) is 2.86. The lowest BCUT2D eigenvalue weighted by Crippen LogP contribution is -2.42. The Balaban J connectivity index is 1.68. The first-order chi connectivity index (χ1) is 10.7. The lowest BCUT2D eigenvalue weighted by molar-refractivity contribution is -0.135. The summed E-state index contributed by atoms with van der Waals surface area (Å²) >= 11 is 0.